The van der Waals surface area contributed by atoms with Crippen molar-refractivity contribution >= 4 is 0 Å². The van der Waals surface area contributed by atoms with Gasteiger partial charge in [0.2, 0.25) is 0 Å². The molecule has 0 aliphatic carbocycles. The van der Waals surface area contributed by atoms with Crippen LogP contribution in [0.3, 0.4) is 0 Å². The van der Waals surface area contributed by atoms with Gasteiger partial charge in [0.15, 0.2) is 0 Å². The minimum absolute atomic E-state index is 2.56. The van der Waals surface area contributed by atoms with E-state index >= 15 is 0 Å². The molecule has 0 amide bonds. The molecule has 0 spiro atoms. The predicted octanol–water partition coefficient (Wildman–Crippen LogP) is 3.00. The Hall–Kier alpha value is -0.490. The molecule has 0 aliphatic rings. The van der Waals surface area contributed by atoms with E-state index in [2.05, 4.69) is 0 Å². The molecule has 0 fully saturated rings. The Labute approximate surface area is 57.0 Å². The van der Waals surface area contributed by atoms with Gasteiger partial charge in [-0.2, -0.15) is 26.3 Å². The van der Waals surface area contributed by atoms with Crippen LogP contribution in [0.25, 0.3) is 0 Å². The lowest BCUT2D eigenvalue weighted by Gasteiger charge is -2.12. The van der Waals surface area contributed by atoms with Crippen molar-refractivity contribution in [2.45, 2.75) is 18.8 Å². The fraction of sp³-hybridized carbons (Fsp3) is 0.750. The Morgan fingerprint density at radius 1 is 0.909 bits per heavy atom. The van der Waals surface area contributed by atoms with E-state index in [9.17, 15) is 30.7 Å². The van der Waals surface area contributed by atoms with Gasteiger partial charge in [0.25, 0.3) is 6.17 Å². The molecule has 0 N–H and O–H groups in total. The molecule has 0 aliphatic heterocycles. The molecule has 1 radical (unpaired) electrons. The zero-order valence-electron chi connectivity index (χ0n) is 4.85. The lowest BCUT2D eigenvalue weighted by molar-refractivity contribution is -0.185. The average molecular weight is 183 g/mol. The summed E-state index contributed by atoms with van der Waals surface area (Å²) in [6.45, 7) is 0. The summed E-state index contributed by atoms with van der Waals surface area (Å²) >= 11 is 0. The van der Waals surface area contributed by atoms with E-state index in [1.165, 1.54) is 0 Å². The zero-order valence-corrected chi connectivity index (χ0v) is 4.85. The molecule has 0 atom stereocenters. The van der Waals surface area contributed by atoms with Crippen molar-refractivity contribution in [2.75, 3.05) is 0 Å². The summed E-state index contributed by atoms with van der Waals surface area (Å²) in [5.74, 6) is 0. The number of hydrogen-bond acceptors (Lipinski definition) is 0. The quantitative estimate of drug-likeness (QED) is 0.548. The molecule has 11 heavy (non-hydrogen) atoms. The average Bonchev–Trinajstić information content (AvgIpc) is 1.56. The van der Waals surface area contributed by atoms with Gasteiger partial charge in [0.1, 0.15) is 0 Å². The van der Waals surface area contributed by atoms with Crippen LogP contribution in [0.2, 0.25) is 0 Å². The number of rotatable bonds is 1. The molecule has 0 rings (SSSR count). The van der Waals surface area contributed by atoms with E-state index in [0.717, 1.165) is 0 Å². The van der Waals surface area contributed by atoms with Crippen molar-refractivity contribution in [3.05, 3.63) is 6.17 Å². The predicted molar refractivity (Wildman–Crippen MR) is 21.1 cm³/mol. The van der Waals surface area contributed by atoms with Crippen molar-refractivity contribution < 1.29 is 30.7 Å². The summed E-state index contributed by atoms with van der Waals surface area (Å²) in [5.41, 5.74) is 0. The summed E-state index contributed by atoms with van der Waals surface area (Å²) < 4.78 is 77.9. The summed E-state index contributed by atoms with van der Waals surface area (Å²) in [6.07, 6.45) is -16.2. The highest BCUT2D eigenvalue weighted by Gasteiger charge is 2.48. The van der Waals surface area contributed by atoms with Gasteiger partial charge in [-0.3, -0.25) is 0 Å². The SMILES string of the molecule is F[C](CC(F)(F)F)C(F)(F)F. The highest BCUT2D eigenvalue weighted by atomic mass is 19.4. The standard InChI is InChI=1S/C4H2F7/c5-2(4(9,10)11)1-3(6,7)8/h1H2. The third-order valence-corrected chi connectivity index (χ3v) is 0.663. The van der Waals surface area contributed by atoms with Gasteiger partial charge in [-0.05, 0) is 0 Å². The fourth-order valence-corrected chi connectivity index (χ4v) is 0.276. The zero-order chi connectivity index (χ0) is 9.28. The summed E-state index contributed by atoms with van der Waals surface area (Å²) in [4.78, 5) is 0. The van der Waals surface area contributed by atoms with Gasteiger partial charge in [0.05, 0.1) is 6.42 Å². The number of alkyl halides is 6. The van der Waals surface area contributed by atoms with Crippen LogP contribution >= 0.6 is 0 Å². The molecule has 0 saturated heterocycles. The molecular weight excluding hydrogens is 181 g/mol. The second-order valence-corrected chi connectivity index (χ2v) is 1.69. The lowest BCUT2D eigenvalue weighted by atomic mass is 10.2. The first-order valence-electron chi connectivity index (χ1n) is 2.28. The molecule has 0 heterocycles. The molecule has 0 nitrogen and oxygen atoms in total. The van der Waals surface area contributed by atoms with Gasteiger partial charge in [-0.15, -0.1) is 0 Å². The summed E-state index contributed by atoms with van der Waals surface area (Å²) in [7, 11) is 0. The van der Waals surface area contributed by atoms with Crippen LogP contribution in [-0.2, 0) is 0 Å². The van der Waals surface area contributed by atoms with Gasteiger partial charge in [0, 0.05) is 0 Å². The highest BCUT2D eigenvalue weighted by Crippen LogP contribution is 2.37. The molecule has 0 saturated carbocycles. The normalized spacial score (nSPS) is 14.2. The Balaban J connectivity index is 3.99. The molecule has 0 bridgehead atoms. The van der Waals surface area contributed by atoms with E-state index in [1.54, 1.807) is 0 Å². The third kappa shape index (κ3) is 4.86. The van der Waals surface area contributed by atoms with Crippen molar-refractivity contribution in [2.24, 2.45) is 0 Å². The van der Waals surface area contributed by atoms with Crippen molar-refractivity contribution in [1.29, 1.82) is 0 Å². The van der Waals surface area contributed by atoms with E-state index in [1.807, 2.05) is 0 Å². The Bertz CT molecular complexity index is 119. The van der Waals surface area contributed by atoms with Crippen LogP contribution in [0.4, 0.5) is 30.7 Å². The van der Waals surface area contributed by atoms with Crippen molar-refractivity contribution in [3.8, 4) is 0 Å². The van der Waals surface area contributed by atoms with Gasteiger partial charge >= 0.3 is 12.4 Å². The van der Waals surface area contributed by atoms with E-state index < -0.39 is 24.9 Å². The molecule has 0 aromatic carbocycles. The van der Waals surface area contributed by atoms with Crippen LogP contribution in [0, 0.1) is 6.17 Å². The summed E-state index contributed by atoms with van der Waals surface area (Å²) in [6, 6.07) is 0. The van der Waals surface area contributed by atoms with E-state index in [4.69, 9.17) is 0 Å². The van der Waals surface area contributed by atoms with Gasteiger partial charge < -0.3 is 0 Å². The largest absolute Gasteiger partial charge is 0.426 e. The van der Waals surface area contributed by atoms with Crippen LogP contribution in [0.5, 0.6) is 0 Å². The first kappa shape index (κ1) is 10.5. The second-order valence-electron chi connectivity index (χ2n) is 1.69. The van der Waals surface area contributed by atoms with Crippen LogP contribution in [0.1, 0.15) is 6.42 Å². The van der Waals surface area contributed by atoms with Gasteiger partial charge in [-0.25, -0.2) is 4.39 Å². The van der Waals surface area contributed by atoms with Crippen LogP contribution in [-0.4, -0.2) is 12.4 Å². The molecular formula is C4H2F7. The third-order valence-electron chi connectivity index (χ3n) is 0.663. The lowest BCUT2D eigenvalue weighted by Crippen LogP contribution is -2.23. The topological polar surface area (TPSA) is 0 Å². The maximum Gasteiger partial charge on any atom is 0.426 e. The Kier molecular flexibility index (Phi) is 2.74. The second kappa shape index (κ2) is 2.86. The van der Waals surface area contributed by atoms with Gasteiger partial charge in [-0.1, -0.05) is 0 Å². The number of halogens is 7. The van der Waals surface area contributed by atoms with Crippen LogP contribution < -0.4 is 0 Å². The molecule has 0 aromatic heterocycles. The van der Waals surface area contributed by atoms with E-state index in [-0.39, 0.29) is 0 Å². The first-order chi connectivity index (χ1) is 4.63. The van der Waals surface area contributed by atoms with Crippen molar-refractivity contribution in [1.82, 2.24) is 0 Å². The maximum absolute atomic E-state index is 11.5. The Morgan fingerprint density at radius 2 is 1.27 bits per heavy atom. The monoisotopic (exact) mass is 183 g/mol. The first-order valence-corrected chi connectivity index (χ1v) is 2.28. The minimum Gasteiger partial charge on any atom is -0.229 e. The van der Waals surface area contributed by atoms with E-state index in [0.29, 0.717) is 0 Å². The minimum atomic E-state index is -5.50. The fourth-order valence-electron chi connectivity index (χ4n) is 0.276. The molecule has 67 valence electrons. The molecule has 0 aromatic rings. The Morgan fingerprint density at radius 3 is 1.36 bits per heavy atom. The molecule has 7 heteroatoms. The number of hydrogen-bond donors (Lipinski definition) is 0. The van der Waals surface area contributed by atoms with Crippen molar-refractivity contribution in [3.63, 3.8) is 0 Å². The summed E-state index contributed by atoms with van der Waals surface area (Å²) in [5, 5.41) is 0. The maximum atomic E-state index is 11.5. The highest BCUT2D eigenvalue weighted by molar-refractivity contribution is 4.87. The molecule has 0 unspecified atom stereocenters. The van der Waals surface area contributed by atoms with Crippen LogP contribution in [0.15, 0.2) is 0 Å². The smallest absolute Gasteiger partial charge is 0.229 e.